The third-order valence-electron chi connectivity index (χ3n) is 5.66. The lowest BCUT2D eigenvalue weighted by Crippen LogP contribution is -2.55. The Bertz CT molecular complexity index is 947. The fourth-order valence-electron chi connectivity index (χ4n) is 3.73. The van der Waals surface area contributed by atoms with E-state index in [2.05, 4.69) is 55.3 Å². The SMILES string of the molecule is CC(C)(C)c1ccc(NC(=S)N2CCN(C(=O)C3COc4ccccc4O3)CC2)cc1. The van der Waals surface area contributed by atoms with E-state index in [4.69, 9.17) is 21.7 Å². The molecule has 6 nitrogen and oxygen atoms in total. The number of para-hydroxylation sites is 2. The van der Waals surface area contributed by atoms with E-state index in [0.29, 0.717) is 42.8 Å². The number of hydrogen-bond acceptors (Lipinski definition) is 4. The third-order valence-corrected chi connectivity index (χ3v) is 6.03. The topological polar surface area (TPSA) is 54.0 Å². The molecule has 31 heavy (non-hydrogen) atoms. The van der Waals surface area contributed by atoms with Gasteiger partial charge in [0, 0.05) is 31.9 Å². The predicted molar refractivity (Wildman–Crippen MR) is 126 cm³/mol. The van der Waals surface area contributed by atoms with E-state index in [1.54, 1.807) is 0 Å². The molecule has 2 aliphatic heterocycles. The molecular weight excluding hydrogens is 410 g/mol. The van der Waals surface area contributed by atoms with Gasteiger partial charge in [0.25, 0.3) is 5.91 Å². The molecule has 2 heterocycles. The standard InChI is InChI=1S/C24H29N3O3S/c1-24(2,3)17-8-10-18(11-9-17)25-23(31)27-14-12-26(13-15-27)22(28)21-16-29-19-6-4-5-7-20(19)30-21/h4-11,21H,12-16H2,1-3H3,(H,25,31). The number of carbonyl (C=O) groups excluding carboxylic acids is 1. The summed E-state index contributed by atoms with van der Waals surface area (Å²) in [6.07, 6.45) is -0.604. The van der Waals surface area contributed by atoms with Crippen molar-refractivity contribution in [3.05, 3.63) is 54.1 Å². The molecule has 4 rings (SSSR count). The lowest BCUT2D eigenvalue weighted by molar-refractivity contribution is -0.142. The molecular formula is C24H29N3O3S. The Morgan fingerprint density at radius 2 is 1.58 bits per heavy atom. The summed E-state index contributed by atoms with van der Waals surface area (Å²) in [7, 11) is 0. The van der Waals surface area contributed by atoms with Crippen molar-refractivity contribution in [2.75, 3.05) is 38.1 Å². The van der Waals surface area contributed by atoms with Gasteiger partial charge in [0.2, 0.25) is 6.10 Å². The molecule has 164 valence electrons. The first-order valence-electron chi connectivity index (χ1n) is 10.6. The number of nitrogens with zero attached hydrogens (tertiary/aromatic N) is 2. The monoisotopic (exact) mass is 439 g/mol. The molecule has 1 N–H and O–H groups in total. The predicted octanol–water partition coefficient (Wildman–Crippen LogP) is 3.67. The summed E-state index contributed by atoms with van der Waals surface area (Å²) >= 11 is 5.60. The molecule has 0 bridgehead atoms. The molecule has 7 heteroatoms. The van der Waals surface area contributed by atoms with Crippen molar-refractivity contribution in [1.82, 2.24) is 9.80 Å². The van der Waals surface area contributed by atoms with Gasteiger partial charge in [-0.2, -0.15) is 0 Å². The highest BCUT2D eigenvalue weighted by Gasteiger charge is 2.33. The van der Waals surface area contributed by atoms with Gasteiger partial charge in [-0.25, -0.2) is 0 Å². The minimum atomic E-state index is -0.604. The number of rotatable bonds is 2. The van der Waals surface area contributed by atoms with Crippen molar-refractivity contribution in [2.24, 2.45) is 0 Å². The van der Waals surface area contributed by atoms with Crippen LogP contribution in [0, 0.1) is 0 Å². The molecule has 1 saturated heterocycles. The largest absolute Gasteiger partial charge is 0.485 e. The van der Waals surface area contributed by atoms with Gasteiger partial charge in [-0.1, -0.05) is 45.0 Å². The molecule has 0 aliphatic carbocycles. The van der Waals surface area contributed by atoms with Crippen LogP contribution in [0.3, 0.4) is 0 Å². The maximum Gasteiger partial charge on any atom is 0.267 e. The highest BCUT2D eigenvalue weighted by Crippen LogP contribution is 2.31. The van der Waals surface area contributed by atoms with Crippen molar-refractivity contribution < 1.29 is 14.3 Å². The molecule has 2 aromatic carbocycles. The average molecular weight is 440 g/mol. The Morgan fingerprint density at radius 3 is 2.23 bits per heavy atom. The van der Waals surface area contributed by atoms with E-state index >= 15 is 0 Å². The van der Waals surface area contributed by atoms with Crippen LogP contribution in [0.2, 0.25) is 0 Å². The van der Waals surface area contributed by atoms with E-state index in [1.807, 2.05) is 29.2 Å². The van der Waals surface area contributed by atoms with Gasteiger partial charge in [-0.05, 0) is 47.5 Å². The average Bonchev–Trinajstić information content (AvgIpc) is 2.78. The Hall–Kier alpha value is -2.80. The first-order chi connectivity index (χ1) is 14.8. The molecule has 0 saturated carbocycles. The number of anilines is 1. The summed E-state index contributed by atoms with van der Waals surface area (Å²) in [6.45, 7) is 9.40. The molecule has 0 radical (unpaired) electrons. The fraction of sp³-hybridized carbons (Fsp3) is 0.417. The lowest BCUT2D eigenvalue weighted by Gasteiger charge is -2.38. The number of ether oxygens (including phenoxy) is 2. The Kier molecular flexibility index (Phi) is 6.05. The highest BCUT2D eigenvalue weighted by atomic mass is 32.1. The van der Waals surface area contributed by atoms with Crippen LogP contribution in [0.15, 0.2) is 48.5 Å². The number of fused-ring (bicyclic) bond motifs is 1. The summed E-state index contributed by atoms with van der Waals surface area (Å²) in [5.41, 5.74) is 2.38. The number of hydrogen-bond donors (Lipinski definition) is 1. The first kappa shape index (κ1) is 21.4. The maximum absolute atomic E-state index is 12.9. The van der Waals surface area contributed by atoms with Crippen LogP contribution in [0.25, 0.3) is 0 Å². The number of thiocarbonyl (C=S) groups is 1. The van der Waals surface area contributed by atoms with Crippen LogP contribution in [0.4, 0.5) is 5.69 Å². The second kappa shape index (κ2) is 8.75. The molecule has 2 aliphatic rings. The van der Waals surface area contributed by atoms with Crippen LogP contribution in [0.5, 0.6) is 11.5 Å². The molecule has 0 aromatic heterocycles. The van der Waals surface area contributed by atoms with Gasteiger partial charge in [0.05, 0.1) is 0 Å². The highest BCUT2D eigenvalue weighted by molar-refractivity contribution is 7.80. The van der Waals surface area contributed by atoms with Crippen molar-refractivity contribution in [1.29, 1.82) is 0 Å². The number of nitrogens with one attached hydrogen (secondary N) is 1. The van der Waals surface area contributed by atoms with Crippen molar-refractivity contribution in [3.63, 3.8) is 0 Å². The van der Waals surface area contributed by atoms with E-state index in [9.17, 15) is 4.79 Å². The lowest BCUT2D eigenvalue weighted by atomic mass is 9.87. The van der Waals surface area contributed by atoms with Gasteiger partial charge in [0.1, 0.15) is 6.61 Å². The van der Waals surface area contributed by atoms with Gasteiger partial charge in [0.15, 0.2) is 16.6 Å². The fourth-order valence-corrected chi connectivity index (χ4v) is 4.03. The molecule has 0 spiro atoms. The molecule has 1 atom stereocenters. The van der Waals surface area contributed by atoms with Gasteiger partial charge in [-0.15, -0.1) is 0 Å². The van der Waals surface area contributed by atoms with Crippen LogP contribution in [-0.2, 0) is 10.2 Å². The minimum absolute atomic E-state index is 0.0363. The van der Waals surface area contributed by atoms with E-state index in [0.717, 1.165) is 5.69 Å². The van der Waals surface area contributed by atoms with Gasteiger partial charge < -0.3 is 24.6 Å². The molecule has 1 unspecified atom stereocenters. The number of benzene rings is 2. The maximum atomic E-state index is 12.9. The van der Waals surface area contributed by atoms with Crippen molar-refractivity contribution >= 4 is 28.9 Å². The van der Waals surface area contributed by atoms with Crippen LogP contribution >= 0.6 is 12.2 Å². The van der Waals surface area contributed by atoms with Crippen molar-refractivity contribution in [3.8, 4) is 11.5 Å². The number of carbonyl (C=O) groups is 1. The van der Waals surface area contributed by atoms with Gasteiger partial charge in [-0.3, -0.25) is 4.79 Å². The van der Waals surface area contributed by atoms with E-state index in [1.165, 1.54) is 5.56 Å². The third kappa shape index (κ3) is 4.93. The summed E-state index contributed by atoms with van der Waals surface area (Å²) in [5.74, 6) is 1.27. The smallest absolute Gasteiger partial charge is 0.267 e. The summed E-state index contributed by atoms with van der Waals surface area (Å²) < 4.78 is 11.6. The number of piperazine rings is 1. The zero-order valence-electron chi connectivity index (χ0n) is 18.3. The minimum Gasteiger partial charge on any atom is -0.485 e. The quantitative estimate of drug-likeness (QED) is 0.721. The summed E-state index contributed by atoms with van der Waals surface area (Å²) in [4.78, 5) is 16.8. The Balaban J connectivity index is 1.28. The van der Waals surface area contributed by atoms with Crippen LogP contribution in [-0.4, -0.2) is 59.7 Å². The summed E-state index contributed by atoms with van der Waals surface area (Å²) in [6, 6.07) is 15.8. The molecule has 1 fully saturated rings. The number of amides is 1. The Morgan fingerprint density at radius 1 is 0.968 bits per heavy atom. The zero-order valence-corrected chi connectivity index (χ0v) is 19.1. The van der Waals surface area contributed by atoms with E-state index < -0.39 is 6.10 Å². The second-order valence-electron chi connectivity index (χ2n) is 8.93. The molecule has 2 aromatic rings. The van der Waals surface area contributed by atoms with E-state index in [-0.39, 0.29) is 17.9 Å². The van der Waals surface area contributed by atoms with Crippen molar-refractivity contribution in [2.45, 2.75) is 32.3 Å². The zero-order chi connectivity index (χ0) is 22.0. The van der Waals surface area contributed by atoms with Gasteiger partial charge >= 0.3 is 0 Å². The second-order valence-corrected chi connectivity index (χ2v) is 9.32. The normalized spacial score (nSPS) is 18.5. The first-order valence-corrected chi connectivity index (χ1v) is 11.1. The van der Waals surface area contributed by atoms with Crippen LogP contribution in [0.1, 0.15) is 26.3 Å². The molecule has 1 amide bonds. The summed E-state index contributed by atoms with van der Waals surface area (Å²) in [5, 5.41) is 4.00. The van der Waals surface area contributed by atoms with Crippen LogP contribution < -0.4 is 14.8 Å². The Labute approximate surface area is 189 Å².